The number of hydrogen-bond acceptors (Lipinski definition) is 7. The number of sulfonamides is 1. The number of nitrogens with zero attached hydrogens (tertiary/aromatic N) is 4. The van der Waals surface area contributed by atoms with Crippen LogP contribution in [0.1, 0.15) is 6.92 Å². The van der Waals surface area contributed by atoms with E-state index < -0.39 is 10.0 Å². The van der Waals surface area contributed by atoms with Crippen LogP contribution in [0.5, 0.6) is 0 Å². The largest absolute Gasteiger partial charge is 0.325 e. The molecular weight excluding hydrogens is 476 g/mol. The van der Waals surface area contributed by atoms with Crippen LogP contribution in [0.3, 0.4) is 0 Å². The summed E-state index contributed by atoms with van der Waals surface area (Å²) in [6.07, 6.45) is 1.61. The molecule has 0 fully saturated rings. The minimum atomic E-state index is -3.37. The Morgan fingerprint density at radius 3 is 2.53 bits per heavy atom. The number of para-hydroxylation sites is 1. The van der Waals surface area contributed by atoms with Crippen molar-refractivity contribution in [3.8, 4) is 0 Å². The molecule has 2 aromatic carbocycles. The van der Waals surface area contributed by atoms with Crippen LogP contribution in [-0.4, -0.2) is 45.0 Å². The summed E-state index contributed by atoms with van der Waals surface area (Å²) in [6, 6.07) is 13.5. The smallest absolute Gasteiger partial charge is 0.263 e. The summed E-state index contributed by atoms with van der Waals surface area (Å²) in [5, 5.41) is 12.1. The molecule has 176 valence electrons. The quantitative estimate of drug-likeness (QED) is 0.268. The zero-order valence-corrected chi connectivity index (χ0v) is 19.9. The lowest BCUT2D eigenvalue weighted by Gasteiger charge is -2.10. The van der Waals surface area contributed by atoms with Crippen LogP contribution in [0, 0.1) is 0 Å². The molecule has 0 aliphatic heterocycles. The van der Waals surface area contributed by atoms with Crippen LogP contribution in [0.15, 0.2) is 71.1 Å². The van der Waals surface area contributed by atoms with Gasteiger partial charge in [0.15, 0.2) is 5.16 Å². The summed E-state index contributed by atoms with van der Waals surface area (Å²) < 4.78 is 29.0. The summed E-state index contributed by atoms with van der Waals surface area (Å²) in [6.45, 7) is 5.54. The number of aromatic nitrogens is 4. The van der Waals surface area contributed by atoms with Crippen molar-refractivity contribution in [1.82, 2.24) is 19.2 Å². The monoisotopic (exact) mass is 498 g/mol. The van der Waals surface area contributed by atoms with Crippen molar-refractivity contribution < 1.29 is 13.2 Å². The summed E-state index contributed by atoms with van der Waals surface area (Å²) in [7, 11) is -3.37. The van der Waals surface area contributed by atoms with Gasteiger partial charge in [0.25, 0.3) is 5.56 Å². The van der Waals surface area contributed by atoms with Gasteiger partial charge in [0.05, 0.1) is 22.4 Å². The fraction of sp³-hybridized carbons (Fsp3) is 0.182. The number of carbonyl (C=O) groups is 1. The number of fused-ring (bicyclic) bond motifs is 3. The van der Waals surface area contributed by atoms with Gasteiger partial charge >= 0.3 is 0 Å². The second kappa shape index (κ2) is 9.69. The molecule has 4 rings (SSSR count). The topological polar surface area (TPSA) is 127 Å². The van der Waals surface area contributed by atoms with Gasteiger partial charge < -0.3 is 5.32 Å². The number of allylic oxidation sites excluding steroid dienone is 1. The molecule has 2 aromatic heterocycles. The molecule has 0 atom stereocenters. The van der Waals surface area contributed by atoms with Gasteiger partial charge in [0.1, 0.15) is 0 Å². The molecule has 0 saturated carbocycles. The van der Waals surface area contributed by atoms with Crippen LogP contribution >= 0.6 is 11.8 Å². The number of rotatable bonds is 9. The van der Waals surface area contributed by atoms with Gasteiger partial charge in [0, 0.05) is 17.9 Å². The molecule has 10 nitrogen and oxygen atoms in total. The van der Waals surface area contributed by atoms with E-state index >= 15 is 0 Å². The third-order valence-electron chi connectivity index (χ3n) is 4.94. The minimum absolute atomic E-state index is 0.0287. The van der Waals surface area contributed by atoms with E-state index in [0.29, 0.717) is 33.2 Å². The molecule has 0 unspecified atom stereocenters. The lowest BCUT2D eigenvalue weighted by molar-refractivity contribution is -0.113. The maximum absolute atomic E-state index is 12.9. The zero-order chi connectivity index (χ0) is 24.3. The molecule has 1 amide bonds. The first-order valence-electron chi connectivity index (χ1n) is 10.3. The number of amides is 1. The molecule has 0 aliphatic rings. The number of anilines is 2. The van der Waals surface area contributed by atoms with E-state index in [0.717, 1.165) is 0 Å². The number of thioether (sulfide) groups is 1. The van der Waals surface area contributed by atoms with Crippen molar-refractivity contribution in [2.24, 2.45) is 0 Å². The number of nitrogens with one attached hydrogen (secondary N) is 2. The first-order chi connectivity index (χ1) is 16.3. The second-order valence-electron chi connectivity index (χ2n) is 7.26. The van der Waals surface area contributed by atoms with Crippen LogP contribution in [0.2, 0.25) is 0 Å². The van der Waals surface area contributed by atoms with Crippen molar-refractivity contribution in [2.45, 2.75) is 18.6 Å². The first-order valence-corrected chi connectivity index (χ1v) is 13.0. The molecule has 0 aliphatic carbocycles. The van der Waals surface area contributed by atoms with Crippen LogP contribution in [0.25, 0.3) is 16.7 Å². The maximum atomic E-state index is 12.9. The Balaban J connectivity index is 1.52. The minimum Gasteiger partial charge on any atom is -0.325 e. The molecule has 34 heavy (non-hydrogen) atoms. The number of benzene rings is 2. The van der Waals surface area contributed by atoms with E-state index in [2.05, 4.69) is 26.8 Å². The predicted molar refractivity (Wildman–Crippen MR) is 134 cm³/mol. The van der Waals surface area contributed by atoms with E-state index in [1.165, 1.54) is 16.3 Å². The Morgan fingerprint density at radius 2 is 1.82 bits per heavy atom. The molecule has 0 bridgehead atoms. The molecule has 2 heterocycles. The molecule has 0 saturated heterocycles. The molecule has 4 aromatic rings. The number of hydrogen-bond donors (Lipinski definition) is 2. The predicted octanol–water partition coefficient (Wildman–Crippen LogP) is 2.72. The first kappa shape index (κ1) is 23.5. The summed E-state index contributed by atoms with van der Waals surface area (Å²) >= 11 is 1.19. The van der Waals surface area contributed by atoms with E-state index in [4.69, 9.17) is 0 Å². The van der Waals surface area contributed by atoms with Crippen LogP contribution in [-0.2, 0) is 21.4 Å². The van der Waals surface area contributed by atoms with Crippen molar-refractivity contribution in [3.63, 3.8) is 0 Å². The van der Waals surface area contributed by atoms with Crippen molar-refractivity contribution in [3.05, 3.63) is 71.5 Å². The van der Waals surface area contributed by atoms with E-state index in [1.54, 1.807) is 53.8 Å². The average Bonchev–Trinajstić information content (AvgIpc) is 3.25. The second-order valence-corrected chi connectivity index (χ2v) is 10.2. The molecular formula is C22H22N6O4S2. The zero-order valence-electron chi connectivity index (χ0n) is 18.3. The normalized spacial score (nSPS) is 11.6. The van der Waals surface area contributed by atoms with Gasteiger partial charge in [-0.1, -0.05) is 30.0 Å². The van der Waals surface area contributed by atoms with Gasteiger partial charge in [-0.05, 0) is 43.3 Å². The van der Waals surface area contributed by atoms with Gasteiger partial charge in [-0.15, -0.1) is 16.8 Å². The maximum Gasteiger partial charge on any atom is 0.263 e. The molecule has 0 spiro atoms. The van der Waals surface area contributed by atoms with E-state index in [-0.39, 0.29) is 29.5 Å². The van der Waals surface area contributed by atoms with Crippen LogP contribution < -0.4 is 15.6 Å². The summed E-state index contributed by atoms with van der Waals surface area (Å²) in [4.78, 5) is 25.4. The van der Waals surface area contributed by atoms with E-state index in [1.807, 2.05) is 12.1 Å². The molecule has 12 heteroatoms. The van der Waals surface area contributed by atoms with Crippen molar-refractivity contribution >= 4 is 55.7 Å². The highest BCUT2D eigenvalue weighted by Crippen LogP contribution is 2.22. The summed E-state index contributed by atoms with van der Waals surface area (Å²) in [5.74, 6) is 0.128. The van der Waals surface area contributed by atoms with Crippen LogP contribution in [0.4, 0.5) is 11.4 Å². The van der Waals surface area contributed by atoms with Gasteiger partial charge in [0.2, 0.25) is 21.7 Å². The average molecular weight is 499 g/mol. The Kier molecular flexibility index (Phi) is 6.70. The fourth-order valence-corrected chi connectivity index (χ4v) is 4.70. The molecule has 2 N–H and O–H groups in total. The van der Waals surface area contributed by atoms with Crippen molar-refractivity contribution in [1.29, 1.82) is 0 Å². The third kappa shape index (κ3) is 4.82. The fourth-order valence-electron chi connectivity index (χ4n) is 3.32. The SMILES string of the molecule is C=CCn1c(=O)c2ccccc2n2c(SCC(=O)Nc3ccc(NS(=O)(=O)CC)cc3)nnc12. The lowest BCUT2D eigenvalue weighted by atomic mass is 10.2. The van der Waals surface area contributed by atoms with Gasteiger partial charge in [-0.2, -0.15) is 0 Å². The molecule has 0 radical (unpaired) electrons. The Hall–Kier alpha value is -3.64. The Bertz CT molecular complexity index is 1540. The lowest BCUT2D eigenvalue weighted by Crippen LogP contribution is -2.22. The highest BCUT2D eigenvalue weighted by molar-refractivity contribution is 7.99. The van der Waals surface area contributed by atoms with Crippen molar-refractivity contribution in [2.75, 3.05) is 21.5 Å². The third-order valence-corrected chi connectivity index (χ3v) is 7.18. The van der Waals surface area contributed by atoms with Gasteiger partial charge in [-0.3, -0.25) is 23.3 Å². The Labute approximate surface area is 199 Å². The Morgan fingerprint density at radius 1 is 1.12 bits per heavy atom. The van der Waals surface area contributed by atoms with E-state index in [9.17, 15) is 18.0 Å². The van der Waals surface area contributed by atoms with Gasteiger partial charge in [-0.25, -0.2) is 8.42 Å². The standard InChI is InChI=1S/C22H22N6O4S2/c1-3-13-27-20(30)17-7-5-6-8-18(17)28-21(27)24-25-22(28)33-14-19(29)23-15-9-11-16(12-10-15)26-34(31,32)4-2/h3,5-12,26H,1,4,13-14H2,2H3,(H,23,29). The highest BCUT2D eigenvalue weighted by atomic mass is 32.2. The highest BCUT2D eigenvalue weighted by Gasteiger charge is 2.17. The summed E-state index contributed by atoms with van der Waals surface area (Å²) in [5.41, 5.74) is 1.42. The number of carbonyl (C=O) groups excluding carboxylic acids is 1.